The summed E-state index contributed by atoms with van der Waals surface area (Å²) in [6.45, 7) is 11.2. The van der Waals surface area contributed by atoms with Gasteiger partial charge in [0, 0.05) is 35.7 Å². The zero-order valence-electron chi connectivity index (χ0n) is 13.6. The average Bonchev–Trinajstić information content (AvgIpc) is 2.72. The van der Waals surface area contributed by atoms with E-state index >= 15 is 0 Å². The third-order valence-electron chi connectivity index (χ3n) is 4.17. The molecule has 114 valence electrons. The molecule has 0 amide bonds. The van der Waals surface area contributed by atoms with Crippen LogP contribution < -0.4 is 5.32 Å². The molecule has 1 atom stereocenters. The largest absolute Gasteiger partial charge is 0.374 e. The summed E-state index contributed by atoms with van der Waals surface area (Å²) in [5.41, 5.74) is 4.23. The quantitative estimate of drug-likeness (QED) is 0.934. The van der Waals surface area contributed by atoms with Gasteiger partial charge in [0.1, 0.15) is 0 Å². The van der Waals surface area contributed by atoms with Crippen molar-refractivity contribution in [2.45, 2.75) is 58.8 Å². The lowest BCUT2D eigenvalue weighted by Gasteiger charge is -2.24. The van der Waals surface area contributed by atoms with Crippen molar-refractivity contribution in [3.63, 3.8) is 0 Å². The molecule has 0 fully saturated rings. The zero-order valence-corrected chi connectivity index (χ0v) is 13.6. The summed E-state index contributed by atoms with van der Waals surface area (Å²) in [6.07, 6.45) is 1.11. The second-order valence-corrected chi connectivity index (χ2v) is 7.04. The van der Waals surface area contributed by atoms with Gasteiger partial charge in [0.2, 0.25) is 0 Å². The second kappa shape index (κ2) is 5.47. The first kappa shape index (κ1) is 14.6. The molecule has 1 N–H and O–H groups in total. The Bertz CT molecular complexity index is 636. The van der Waals surface area contributed by atoms with Gasteiger partial charge in [0.15, 0.2) is 0 Å². The van der Waals surface area contributed by atoms with E-state index in [1.807, 2.05) is 0 Å². The van der Waals surface area contributed by atoms with E-state index in [4.69, 9.17) is 4.74 Å². The van der Waals surface area contributed by atoms with Crippen molar-refractivity contribution in [1.29, 1.82) is 0 Å². The number of hydrogen-bond acceptors (Lipinski definition) is 2. The SMILES string of the molecule is CC1Cc2c(n(CCOC(C)(C)C)c3ccccc23)CN1. The summed E-state index contributed by atoms with van der Waals surface area (Å²) in [5, 5.41) is 5.00. The van der Waals surface area contributed by atoms with Crippen LogP contribution in [-0.4, -0.2) is 22.8 Å². The predicted molar refractivity (Wildman–Crippen MR) is 87.6 cm³/mol. The lowest BCUT2D eigenvalue weighted by Crippen LogP contribution is -2.34. The van der Waals surface area contributed by atoms with Crippen molar-refractivity contribution in [3.8, 4) is 0 Å². The van der Waals surface area contributed by atoms with E-state index in [1.165, 1.54) is 22.2 Å². The number of nitrogens with one attached hydrogen (secondary N) is 1. The normalized spacial score (nSPS) is 19.0. The van der Waals surface area contributed by atoms with Crippen molar-refractivity contribution >= 4 is 10.9 Å². The molecule has 0 aliphatic carbocycles. The Hall–Kier alpha value is -1.32. The highest BCUT2D eigenvalue weighted by atomic mass is 16.5. The first-order valence-electron chi connectivity index (χ1n) is 7.92. The molecule has 3 nitrogen and oxygen atoms in total. The maximum Gasteiger partial charge on any atom is 0.0652 e. The number of hydrogen-bond donors (Lipinski definition) is 1. The van der Waals surface area contributed by atoms with Crippen LogP contribution in [0.25, 0.3) is 10.9 Å². The molecule has 0 saturated heterocycles. The monoisotopic (exact) mass is 286 g/mol. The summed E-state index contributed by atoms with van der Waals surface area (Å²) < 4.78 is 8.36. The van der Waals surface area contributed by atoms with Crippen molar-refractivity contribution in [1.82, 2.24) is 9.88 Å². The van der Waals surface area contributed by atoms with Gasteiger partial charge in [-0.2, -0.15) is 0 Å². The van der Waals surface area contributed by atoms with E-state index in [0.29, 0.717) is 6.04 Å². The average molecular weight is 286 g/mol. The molecule has 1 unspecified atom stereocenters. The minimum atomic E-state index is -0.0736. The van der Waals surface area contributed by atoms with Crippen molar-refractivity contribution in [2.75, 3.05) is 6.61 Å². The molecule has 21 heavy (non-hydrogen) atoms. The summed E-state index contributed by atoms with van der Waals surface area (Å²) in [5.74, 6) is 0. The molecule has 1 aliphatic heterocycles. The number of nitrogens with zero attached hydrogens (tertiary/aromatic N) is 1. The highest BCUT2D eigenvalue weighted by molar-refractivity contribution is 5.86. The summed E-state index contributed by atoms with van der Waals surface area (Å²) >= 11 is 0. The molecule has 1 aromatic heterocycles. The number of benzene rings is 1. The maximum absolute atomic E-state index is 5.92. The van der Waals surface area contributed by atoms with Gasteiger partial charge in [-0.15, -0.1) is 0 Å². The molecule has 3 heteroatoms. The zero-order chi connectivity index (χ0) is 15.0. The minimum absolute atomic E-state index is 0.0736. The molecule has 3 rings (SSSR count). The fraction of sp³-hybridized carbons (Fsp3) is 0.556. The van der Waals surface area contributed by atoms with Gasteiger partial charge in [-0.3, -0.25) is 0 Å². The highest BCUT2D eigenvalue weighted by Gasteiger charge is 2.22. The molecule has 2 aromatic rings. The molecular weight excluding hydrogens is 260 g/mol. The topological polar surface area (TPSA) is 26.2 Å². The van der Waals surface area contributed by atoms with Crippen molar-refractivity contribution in [3.05, 3.63) is 35.5 Å². The van der Waals surface area contributed by atoms with E-state index in [0.717, 1.165) is 26.1 Å². The van der Waals surface area contributed by atoms with Crippen LogP contribution >= 0.6 is 0 Å². The Kier molecular flexibility index (Phi) is 3.80. The van der Waals surface area contributed by atoms with Gasteiger partial charge in [0.25, 0.3) is 0 Å². The molecule has 0 bridgehead atoms. The second-order valence-electron chi connectivity index (χ2n) is 7.04. The van der Waals surface area contributed by atoms with Crippen LogP contribution in [0, 0.1) is 0 Å². The number of ether oxygens (including phenoxy) is 1. The van der Waals surface area contributed by atoms with Crippen LogP contribution in [0.2, 0.25) is 0 Å². The minimum Gasteiger partial charge on any atom is -0.374 e. The molecule has 0 spiro atoms. The van der Waals surface area contributed by atoms with E-state index in [9.17, 15) is 0 Å². The third-order valence-corrected chi connectivity index (χ3v) is 4.17. The van der Waals surface area contributed by atoms with Gasteiger partial charge in [-0.1, -0.05) is 18.2 Å². The molecule has 2 heterocycles. The van der Waals surface area contributed by atoms with E-state index < -0.39 is 0 Å². The van der Waals surface area contributed by atoms with Crippen LogP contribution in [-0.2, 0) is 24.2 Å². The first-order chi connectivity index (χ1) is 9.96. The van der Waals surface area contributed by atoms with Gasteiger partial charge < -0.3 is 14.6 Å². The van der Waals surface area contributed by atoms with Crippen LogP contribution in [0.5, 0.6) is 0 Å². The summed E-state index contributed by atoms with van der Waals surface area (Å²) in [6, 6.07) is 9.32. The summed E-state index contributed by atoms with van der Waals surface area (Å²) in [7, 11) is 0. The number of fused-ring (bicyclic) bond motifs is 3. The van der Waals surface area contributed by atoms with Crippen LogP contribution in [0.15, 0.2) is 24.3 Å². The van der Waals surface area contributed by atoms with Crippen LogP contribution in [0.3, 0.4) is 0 Å². The Morgan fingerprint density at radius 1 is 1.29 bits per heavy atom. The summed E-state index contributed by atoms with van der Waals surface area (Å²) in [4.78, 5) is 0. The molecule has 1 aromatic carbocycles. The van der Waals surface area contributed by atoms with Crippen LogP contribution in [0.4, 0.5) is 0 Å². The smallest absolute Gasteiger partial charge is 0.0652 e. The van der Waals surface area contributed by atoms with E-state index in [-0.39, 0.29) is 5.60 Å². The lowest BCUT2D eigenvalue weighted by atomic mass is 10.00. The number of rotatable bonds is 3. The van der Waals surface area contributed by atoms with Gasteiger partial charge >= 0.3 is 0 Å². The Balaban J connectivity index is 1.94. The Morgan fingerprint density at radius 3 is 2.81 bits per heavy atom. The van der Waals surface area contributed by atoms with E-state index in [1.54, 1.807) is 0 Å². The van der Waals surface area contributed by atoms with Crippen molar-refractivity contribution < 1.29 is 4.74 Å². The lowest BCUT2D eigenvalue weighted by molar-refractivity contribution is -0.00671. The Labute approximate surface area is 127 Å². The standard InChI is InChI=1S/C18H26N2O/c1-13-11-15-14-7-5-6-8-16(14)20(17(15)12-19-13)9-10-21-18(2,3)4/h5-8,13,19H,9-12H2,1-4H3. The number of para-hydroxylation sites is 1. The van der Waals surface area contributed by atoms with Crippen LogP contribution in [0.1, 0.15) is 39.0 Å². The first-order valence-corrected chi connectivity index (χ1v) is 7.92. The molecule has 0 radical (unpaired) electrons. The molecule has 1 aliphatic rings. The molecule has 0 saturated carbocycles. The van der Waals surface area contributed by atoms with Crippen molar-refractivity contribution in [2.24, 2.45) is 0 Å². The fourth-order valence-corrected chi connectivity index (χ4v) is 3.21. The Morgan fingerprint density at radius 2 is 2.05 bits per heavy atom. The maximum atomic E-state index is 5.92. The highest BCUT2D eigenvalue weighted by Crippen LogP contribution is 2.30. The van der Waals surface area contributed by atoms with Gasteiger partial charge in [0.05, 0.1) is 12.2 Å². The molecular formula is C18H26N2O. The fourth-order valence-electron chi connectivity index (χ4n) is 3.21. The third kappa shape index (κ3) is 2.99. The predicted octanol–water partition coefficient (Wildman–Crippen LogP) is 3.49. The van der Waals surface area contributed by atoms with Gasteiger partial charge in [-0.25, -0.2) is 0 Å². The van der Waals surface area contributed by atoms with Gasteiger partial charge in [-0.05, 0) is 45.7 Å². The van der Waals surface area contributed by atoms with E-state index in [2.05, 4.69) is 61.8 Å². The number of aromatic nitrogens is 1.